The number of carbonyl (C=O) groups is 3. The molecular formula is C30H37N3O6. The number of carboxylic acid groups (broad SMARTS) is 1. The number of carbonyl (C=O) groups excluding carboxylic acids is 2. The molecule has 4 rings (SSSR count). The van der Waals surface area contributed by atoms with E-state index in [0.717, 1.165) is 37.7 Å². The number of rotatable bonds is 10. The lowest BCUT2D eigenvalue weighted by atomic mass is 9.70. The first-order valence-electron chi connectivity index (χ1n) is 13.3. The molecule has 0 spiro atoms. The van der Waals surface area contributed by atoms with Gasteiger partial charge in [-0.2, -0.15) is 0 Å². The van der Waals surface area contributed by atoms with E-state index in [1.807, 2.05) is 6.92 Å². The molecule has 0 radical (unpaired) electrons. The number of nitrogens with zero attached hydrogens (tertiary/aromatic N) is 1. The molecule has 0 bridgehead atoms. The van der Waals surface area contributed by atoms with Crippen LogP contribution in [0.4, 0.5) is 0 Å². The van der Waals surface area contributed by atoms with E-state index in [-0.39, 0.29) is 11.6 Å². The summed E-state index contributed by atoms with van der Waals surface area (Å²) in [6, 6.07) is 12.2. The van der Waals surface area contributed by atoms with Gasteiger partial charge in [0, 0.05) is 23.9 Å². The quantitative estimate of drug-likeness (QED) is 0.331. The van der Waals surface area contributed by atoms with Gasteiger partial charge in [0.15, 0.2) is 0 Å². The number of methoxy groups -OCH3 is 2. The molecule has 1 aliphatic rings. The van der Waals surface area contributed by atoms with Crippen molar-refractivity contribution >= 4 is 28.7 Å². The minimum Gasteiger partial charge on any atom is -0.496 e. The molecule has 1 aliphatic carbocycles. The molecule has 1 fully saturated rings. The second-order valence-electron chi connectivity index (χ2n) is 10.3. The van der Waals surface area contributed by atoms with Gasteiger partial charge >= 0.3 is 5.97 Å². The van der Waals surface area contributed by atoms with Crippen molar-refractivity contribution in [3.63, 3.8) is 0 Å². The number of carboxylic acids is 1. The fraction of sp³-hybridized carbons (Fsp3) is 0.433. The molecule has 0 saturated heterocycles. The van der Waals surface area contributed by atoms with Crippen LogP contribution in [0.5, 0.6) is 11.5 Å². The van der Waals surface area contributed by atoms with E-state index < -0.39 is 29.2 Å². The van der Waals surface area contributed by atoms with Gasteiger partial charge < -0.3 is 30.2 Å². The number of aromatic nitrogens is 1. The Kier molecular flexibility index (Phi) is 8.18. The Bertz CT molecular complexity index is 1350. The Hall–Kier alpha value is -4.01. The number of primary amides is 1. The number of fused-ring (bicyclic) bond motifs is 1. The van der Waals surface area contributed by atoms with Crippen molar-refractivity contribution in [1.82, 2.24) is 9.88 Å². The number of amides is 2. The molecule has 3 aromatic rings. The molecule has 1 saturated carbocycles. The van der Waals surface area contributed by atoms with Crippen molar-refractivity contribution in [2.75, 3.05) is 21.3 Å². The van der Waals surface area contributed by atoms with Crippen molar-refractivity contribution in [2.24, 2.45) is 11.7 Å². The van der Waals surface area contributed by atoms with Crippen LogP contribution >= 0.6 is 0 Å². The van der Waals surface area contributed by atoms with Crippen LogP contribution in [0.2, 0.25) is 0 Å². The van der Waals surface area contributed by atoms with E-state index >= 15 is 0 Å². The lowest BCUT2D eigenvalue weighted by Crippen LogP contribution is -2.58. The second kappa shape index (κ2) is 11.4. The van der Waals surface area contributed by atoms with Gasteiger partial charge in [0.2, 0.25) is 5.54 Å². The first-order chi connectivity index (χ1) is 18.7. The highest BCUT2D eigenvalue weighted by Crippen LogP contribution is 2.50. The van der Waals surface area contributed by atoms with Crippen LogP contribution < -0.4 is 20.5 Å². The van der Waals surface area contributed by atoms with Gasteiger partial charge in [-0.25, -0.2) is 4.79 Å². The van der Waals surface area contributed by atoms with Crippen LogP contribution in [0.15, 0.2) is 42.5 Å². The molecule has 2 atom stereocenters. The number of ether oxygens (including phenoxy) is 2. The Morgan fingerprint density at radius 2 is 1.69 bits per heavy atom. The van der Waals surface area contributed by atoms with Crippen LogP contribution in [0.1, 0.15) is 66.1 Å². The highest BCUT2D eigenvalue weighted by Gasteiger charge is 2.57. The Morgan fingerprint density at radius 3 is 2.23 bits per heavy atom. The number of benzene rings is 2. The zero-order valence-corrected chi connectivity index (χ0v) is 23.0. The number of nitrogens with two attached hydrogens (primary N) is 1. The number of para-hydroxylation sites is 1. The van der Waals surface area contributed by atoms with Crippen molar-refractivity contribution in [3.05, 3.63) is 59.3 Å². The maximum atomic E-state index is 13.8. The molecule has 0 aliphatic heterocycles. The van der Waals surface area contributed by atoms with Gasteiger partial charge in [0.25, 0.3) is 11.8 Å². The van der Waals surface area contributed by atoms with Gasteiger partial charge in [-0.15, -0.1) is 0 Å². The molecule has 39 heavy (non-hydrogen) atoms. The monoisotopic (exact) mass is 535 g/mol. The van der Waals surface area contributed by atoms with Crippen LogP contribution in [0.25, 0.3) is 10.9 Å². The summed E-state index contributed by atoms with van der Waals surface area (Å²) >= 11 is 0. The minimum absolute atomic E-state index is 0.0265. The number of hydrogen-bond donors (Lipinski definition) is 3. The standard InChI is InChI=1S/C30H37N3O6/c1-18-14-24(38-3)26(25(15-18)39-4)21(16-19-10-6-5-7-11-19)30(28(31)35,29(36)37)33-22-13-9-8-12-20(22)17-23(33)27(34)32-2/h8-9,12-15,17,19,21H,5-7,10-11,16H2,1-4H3,(H2,31,35)(H,32,34)(H,36,37). The van der Waals surface area contributed by atoms with Crippen molar-refractivity contribution in [3.8, 4) is 11.5 Å². The summed E-state index contributed by atoms with van der Waals surface area (Å²) in [5.41, 5.74) is 5.52. The van der Waals surface area contributed by atoms with Crippen LogP contribution in [0.3, 0.4) is 0 Å². The first kappa shape index (κ1) is 28.0. The van der Waals surface area contributed by atoms with Gasteiger partial charge in [-0.3, -0.25) is 9.59 Å². The average molecular weight is 536 g/mol. The van der Waals surface area contributed by atoms with Crippen LogP contribution in [-0.4, -0.2) is 48.7 Å². The maximum Gasteiger partial charge on any atom is 0.340 e. The number of aryl methyl sites for hydroxylation is 1. The van der Waals surface area contributed by atoms with E-state index in [2.05, 4.69) is 5.32 Å². The summed E-state index contributed by atoms with van der Waals surface area (Å²) in [6.07, 6.45) is 5.29. The summed E-state index contributed by atoms with van der Waals surface area (Å²) in [4.78, 5) is 40.7. The summed E-state index contributed by atoms with van der Waals surface area (Å²) in [7, 11) is 4.47. The molecule has 208 valence electrons. The van der Waals surface area contributed by atoms with Gasteiger partial charge in [-0.1, -0.05) is 50.3 Å². The molecule has 1 aromatic heterocycles. The normalized spacial score (nSPS) is 16.3. The third kappa shape index (κ3) is 4.82. The molecule has 9 heteroatoms. The third-order valence-electron chi connectivity index (χ3n) is 8.06. The van der Waals surface area contributed by atoms with E-state index in [0.29, 0.717) is 34.4 Å². The van der Waals surface area contributed by atoms with Gasteiger partial charge in [0.05, 0.1) is 19.7 Å². The fourth-order valence-corrected chi connectivity index (χ4v) is 6.28. The largest absolute Gasteiger partial charge is 0.496 e. The highest BCUT2D eigenvalue weighted by atomic mass is 16.5. The average Bonchev–Trinajstić information content (AvgIpc) is 3.32. The molecule has 4 N–H and O–H groups in total. The predicted octanol–water partition coefficient (Wildman–Crippen LogP) is 4.35. The predicted molar refractivity (Wildman–Crippen MR) is 148 cm³/mol. The zero-order valence-electron chi connectivity index (χ0n) is 23.0. The minimum atomic E-state index is -2.38. The maximum absolute atomic E-state index is 13.8. The third-order valence-corrected chi connectivity index (χ3v) is 8.06. The molecule has 1 heterocycles. The Labute approximate surface area is 228 Å². The van der Waals surface area contributed by atoms with Crippen molar-refractivity contribution < 1.29 is 29.0 Å². The summed E-state index contributed by atoms with van der Waals surface area (Å²) in [5, 5.41) is 14.3. The van der Waals surface area contributed by atoms with E-state index in [1.165, 1.54) is 25.8 Å². The summed E-state index contributed by atoms with van der Waals surface area (Å²) < 4.78 is 12.9. The number of nitrogens with one attached hydrogen (secondary N) is 1. The van der Waals surface area contributed by atoms with E-state index in [9.17, 15) is 19.5 Å². The fourth-order valence-electron chi connectivity index (χ4n) is 6.28. The van der Waals surface area contributed by atoms with Crippen LogP contribution in [-0.2, 0) is 15.1 Å². The SMILES string of the molecule is CNC(=O)c1cc2ccccc2n1C(C(N)=O)(C(=O)O)C(CC1CCCCC1)c1c(OC)cc(C)cc1OC. The molecule has 2 unspecified atom stereocenters. The molecule has 2 amide bonds. The lowest BCUT2D eigenvalue weighted by molar-refractivity contribution is -0.155. The van der Waals surface area contributed by atoms with Crippen molar-refractivity contribution in [1.29, 1.82) is 0 Å². The van der Waals surface area contributed by atoms with Crippen molar-refractivity contribution in [2.45, 2.75) is 56.9 Å². The Morgan fingerprint density at radius 1 is 1.08 bits per heavy atom. The second-order valence-corrected chi connectivity index (χ2v) is 10.3. The molecule has 9 nitrogen and oxygen atoms in total. The zero-order chi connectivity index (χ0) is 28.3. The topological polar surface area (TPSA) is 133 Å². The number of hydrogen-bond acceptors (Lipinski definition) is 5. The van der Waals surface area contributed by atoms with E-state index in [1.54, 1.807) is 42.5 Å². The molecule has 2 aromatic carbocycles. The molecular weight excluding hydrogens is 498 g/mol. The highest BCUT2D eigenvalue weighted by molar-refractivity contribution is 6.09. The smallest absolute Gasteiger partial charge is 0.340 e. The van der Waals surface area contributed by atoms with Gasteiger partial charge in [-0.05, 0) is 49.1 Å². The summed E-state index contributed by atoms with van der Waals surface area (Å²) in [5.74, 6) is -3.13. The Balaban J connectivity index is 2.16. The van der Waals surface area contributed by atoms with Crippen LogP contribution in [0, 0.1) is 12.8 Å². The first-order valence-corrected chi connectivity index (χ1v) is 13.3. The van der Waals surface area contributed by atoms with E-state index in [4.69, 9.17) is 15.2 Å². The number of aliphatic carboxylic acids is 1. The lowest BCUT2D eigenvalue weighted by Gasteiger charge is -2.40. The summed E-state index contributed by atoms with van der Waals surface area (Å²) in [6.45, 7) is 1.88. The van der Waals surface area contributed by atoms with Gasteiger partial charge in [0.1, 0.15) is 17.2 Å².